The minimum Gasteiger partial charge on any atom is -0.317 e. The quantitative estimate of drug-likeness (QED) is 0.731. The van der Waals surface area contributed by atoms with E-state index in [1.807, 2.05) is 17.5 Å². The summed E-state index contributed by atoms with van der Waals surface area (Å²) in [5, 5.41) is 9.44. The van der Waals surface area contributed by atoms with Gasteiger partial charge in [0.15, 0.2) is 5.82 Å². The van der Waals surface area contributed by atoms with Crippen LogP contribution in [-0.4, -0.2) is 38.3 Å². The maximum absolute atomic E-state index is 12.4. The lowest BCUT2D eigenvalue weighted by Crippen LogP contribution is -2.26. The number of hydrogen-bond acceptors (Lipinski definition) is 8. The normalized spacial score (nSPS) is 15.2. The Morgan fingerprint density at radius 3 is 2.96 bits per heavy atom. The van der Waals surface area contributed by atoms with Crippen molar-refractivity contribution >= 4 is 33.9 Å². The molecule has 0 saturated carbocycles. The third-order valence-corrected chi connectivity index (χ3v) is 5.65. The van der Waals surface area contributed by atoms with E-state index in [2.05, 4.69) is 30.0 Å². The number of rotatable bonds is 4. The molecule has 0 bridgehead atoms. The fourth-order valence-corrected chi connectivity index (χ4v) is 4.25. The molecule has 3 aromatic rings. The molecule has 0 aromatic carbocycles. The summed E-state index contributed by atoms with van der Waals surface area (Å²) in [7, 11) is 0. The molecule has 7 nitrogen and oxygen atoms in total. The molecule has 25 heavy (non-hydrogen) atoms. The van der Waals surface area contributed by atoms with Crippen LogP contribution < -0.4 is 10.6 Å². The van der Waals surface area contributed by atoms with Gasteiger partial charge in [0, 0.05) is 40.8 Å². The first-order valence-electron chi connectivity index (χ1n) is 8.01. The number of anilines is 1. The van der Waals surface area contributed by atoms with Crippen molar-refractivity contribution in [2.45, 2.75) is 18.8 Å². The standard InChI is InChI=1S/C16H16N6OS2/c23-14(12-9-24-15(19-12)10-3-6-17-7-4-10)21-16-20-13(22-25-16)11-2-1-5-18-8-11/h1-2,5,8-10,17H,3-4,6-7H2,(H,20,21,22,23). The molecular formula is C16H16N6OS2. The highest BCUT2D eigenvalue weighted by Gasteiger charge is 2.21. The lowest BCUT2D eigenvalue weighted by atomic mass is 9.99. The monoisotopic (exact) mass is 372 g/mol. The number of hydrogen-bond donors (Lipinski definition) is 2. The molecule has 1 saturated heterocycles. The van der Waals surface area contributed by atoms with Gasteiger partial charge in [-0.2, -0.15) is 9.36 Å². The lowest BCUT2D eigenvalue weighted by molar-refractivity contribution is 0.102. The predicted octanol–water partition coefficient (Wildman–Crippen LogP) is 2.78. The molecule has 0 atom stereocenters. The summed E-state index contributed by atoms with van der Waals surface area (Å²) in [6, 6.07) is 3.71. The molecular weight excluding hydrogens is 356 g/mol. The second-order valence-electron chi connectivity index (χ2n) is 5.71. The first-order chi connectivity index (χ1) is 12.3. The molecule has 0 spiro atoms. The molecule has 4 heterocycles. The first kappa shape index (κ1) is 16.2. The smallest absolute Gasteiger partial charge is 0.276 e. The maximum atomic E-state index is 12.4. The summed E-state index contributed by atoms with van der Waals surface area (Å²) in [6.45, 7) is 2.02. The average molecular weight is 372 g/mol. The molecule has 128 valence electrons. The Hall–Kier alpha value is -2.23. The number of nitrogens with one attached hydrogen (secondary N) is 2. The van der Waals surface area contributed by atoms with Crippen LogP contribution >= 0.6 is 22.9 Å². The molecule has 0 aliphatic carbocycles. The van der Waals surface area contributed by atoms with Crippen molar-refractivity contribution in [2.24, 2.45) is 0 Å². The summed E-state index contributed by atoms with van der Waals surface area (Å²) in [5.41, 5.74) is 1.26. The first-order valence-corrected chi connectivity index (χ1v) is 9.66. The van der Waals surface area contributed by atoms with Gasteiger partial charge in [0.25, 0.3) is 5.91 Å². The zero-order valence-electron chi connectivity index (χ0n) is 13.3. The Morgan fingerprint density at radius 2 is 2.16 bits per heavy atom. The molecule has 4 rings (SSSR count). The minimum atomic E-state index is -0.245. The van der Waals surface area contributed by atoms with Gasteiger partial charge < -0.3 is 5.32 Å². The number of nitrogens with zero attached hydrogens (tertiary/aromatic N) is 4. The van der Waals surface area contributed by atoms with Crippen molar-refractivity contribution in [3.63, 3.8) is 0 Å². The molecule has 1 amide bonds. The van der Waals surface area contributed by atoms with Crippen LogP contribution in [0.3, 0.4) is 0 Å². The van der Waals surface area contributed by atoms with E-state index in [0.29, 0.717) is 22.6 Å². The molecule has 1 aliphatic heterocycles. The summed E-state index contributed by atoms with van der Waals surface area (Å²) in [4.78, 5) is 25.3. The number of aromatic nitrogens is 4. The van der Waals surface area contributed by atoms with Gasteiger partial charge in [-0.15, -0.1) is 11.3 Å². The summed E-state index contributed by atoms with van der Waals surface area (Å²) < 4.78 is 4.26. The van der Waals surface area contributed by atoms with Gasteiger partial charge >= 0.3 is 0 Å². The Kier molecular flexibility index (Phi) is 4.77. The maximum Gasteiger partial charge on any atom is 0.276 e. The van der Waals surface area contributed by atoms with Crippen LogP contribution in [0.15, 0.2) is 29.9 Å². The molecule has 1 aliphatic rings. The Morgan fingerprint density at radius 1 is 1.28 bits per heavy atom. The molecule has 0 radical (unpaired) electrons. The SMILES string of the molecule is O=C(Nc1nc(-c2cccnc2)ns1)c1csc(C2CCNCC2)n1. The zero-order chi connectivity index (χ0) is 17.1. The zero-order valence-corrected chi connectivity index (χ0v) is 14.9. The van der Waals surface area contributed by atoms with E-state index >= 15 is 0 Å². The molecule has 2 N–H and O–H groups in total. The number of thiazole rings is 1. The number of carbonyl (C=O) groups is 1. The number of amides is 1. The summed E-state index contributed by atoms with van der Waals surface area (Å²) >= 11 is 2.71. The Bertz CT molecular complexity index is 856. The highest BCUT2D eigenvalue weighted by Crippen LogP contribution is 2.28. The third kappa shape index (κ3) is 3.73. The lowest BCUT2D eigenvalue weighted by Gasteiger charge is -2.20. The van der Waals surface area contributed by atoms with Gasteiger partial charge in [-0.25, -0.2) is 4.98 Å². The predicted molar refractivity (Wildman–Crippen MR) is 98.1 cm³/mol. The number of carbonyl (C=O) groups excluding carboxylic acids is 1. The highest BCUT2D eigenvalue weighted by atomic mass is 32.1. The van der Waals surface area contributed by atoms with Gasteiger partial charge in [0.2, 0.25) is 5.13 Å². The van der Waals surface area contributed by atoms with E-state index < -0.39 is 0 Å². The van der Waals surface area contributed by atoms with E-state index in [4.69, 9.17) is 0 Å². The molecule has 0 unspecified atom stereocenters. The number of pyridine rings is 1. The van der Waals surface area contributed by atoms with Gasteiger partial charge in [-0.1, -0.05) is 0 Å². The second-order valence-corrected chi connectivity index (χ2v) is 7.36. The van der Waals surface area contributed by atoms with Crippen molar-refractivity contribution in [3.8, 4) is 11.4 Å². The van der Waals surface area contributed by atoms with Crippen LogP contribution in [0.5, 0.6) is 0 Å². The molecule has 9 heteroatoms. The summed E-state index contributed by atoms with van der Waals surface area (Å²) in [5.74, 6) is 0.763. The minimum absolute atomic E-state index is 0.245. The van der Waals surface area contributed by atoms with Crippen LogP contribution in [0.4, 0.5) is 5.13 Å². The van der Waals surface area contributed by atoms with E-state index in [1.54, 1.807) is 23.7 Å². The van der Waals surface area contributed by atoms with Gasteiger partial charge in [-0.3, -0.25) is 15.1 Å². The molecule has 3 aromatic heterocycles. The fraction of sp³-hybridized carbons (Fsp3) is 0.312. The van der Waals surface area contributed by atoms with Crippen molar-refractivity contribution in [1.29, 1.82) is 0 Å². The van der Waals surface area contributed by atoms with Crippen molar-refractivity contribution in [1.82, 2.24) is 24.6 Å². The van der Waals surface area contributed by atoms with Gasteiger partial charge in [0.1, 0.15) is 5.69 Å². The van der Waals surface area contributed by atoms with Crippen LogP contribution in [0.2, 0.25) is 0 Å². The largest absolute Gasteiger partial charge is 0.317 e. The van der Waals surface area contributed by atoms with E-state index in [1.165, 1.54) is 0 Å². The van der Waals surface area contributed by atoms with Crippen molar-refractivity contribution < 1.29 is 4.79 Å². The van der Waals surface area contributed by atoms with E-state index in [9.17, 15) is 4.79 Å². The third-order valence-electron chi connectivity index (χ3n) is 4.01. The van der Waals surface area contributed by atoms with E-state index in [-0.39, 0.29) is 5.91 Å². The van der Waals surface area contributed by atoms with Crippen molar-refractivity contribution in [2.75, 3.05) is 18.4 Å². The fourth-order valence-electron chi connectivity index (χ4n) is 2.70. The Balaban J connectivity index is 1.44. The Labute approximate surface area is 152 Å². The topological polar surface area (TPSA) is 92.7 Å². The van der Waals surface area contributed by atoms with Gasteiger partial charge in [0.05, 0.1) is 5.01 Å². The van der Waals surface area contributed by atoms with Crippen molar-refractivity contribution in [3.05, 3.63) is 40.6 Å². The second kappa shape index (κ2) is 7.34. The van der Waals surface area contributed by atoms with Crippen LogP contribution in [0.1, 0.15) is 34.3 Å². The average Bonchev–Trinajstić information content (AvgIpc) is 3.33. The van der Waals surface area contributed by atoms with Crippen LogP contribution in [0.25, 0.3) is 11.4 Å². The van der Waals surface area contributed by atoms with Crippen LogP contribution in [-0.2, 0) is 0 Å². The highest BCUT2D eigenvalue weighted by molar-refractivity contribution is 7.10. The summed E-state index contributed by atoms with van der Waals surface area (Å²) in [6.07, 6.45) is 5.53. The van der Waals surface area contributed by atoms with E-state index in [0.717, 1.165) is 48.0 Å². The van der Waals surface area contributed by atoms with Crippen LogP contribution in [0, 0.1) is 0 Å². The molecule has 1 fully saturated rings. The number of piperidine rings is 1. The van der Waals surface area contributed by atoms with Gasteiger partial charge in [-0.05, 0) is 38.1 Å².